The molecule has 2 aromatic carbocycles. The van der Waals surface area contributed by atoms with Crippen LogP contribution in [0, 0.1) is 0 Å². The first-order valence-corrected chi connectivity index (χ1v) is 10.1. The second-order valence-corrected chi connectivity index (χ2v) is 8.10. The van der Waals surface area contributed by atoms with Crippen molar-refractivity contribution in [2.45, 2.75) is 37.4 Å². The predicted molar refractivity (Wildman–Crippen MR) is 97.6 cm³/mol. The molecule has 156 valence electrons. The number of aryl methyl sites for hydroxylation is 1. The lowest BCUT2D eigenvalue weighted by molar-refractivity contribution is -0.0500. The van der Waals surface area contributed by atoms with Crippen LogP contribution in [0.3, 0.4) is 0 Å². The first-order chi connectivity index (χ1) is 13.6. The molecule has 1 amide bonds. The Bertz CT molecular complexity index is 977. The van der Waals surface area contributed by atoms with Crippen molar-refractivity contribution in [3.63, 3.8) is 0 Å². The average Bonchev–Trinajstić information content (AvgIpc) is 2.66. The monoisotopic (exact) mass is 429 g/mol. The summed E-state index contributed by atoms with van der Waals surface area (Å²) in [5.41, 5.74) is -3.20. The van der Waals surface area contributed by atoms with Crippen molar-refractivity contribution in [3.8, 4) is 5.75 Å². The van der Waals surface area contributed by atoms with E-state index < -0.39 is 27.5 Å². The molecule has 6 nitrogen and oxygen atoms in total. The molecular weight excluding hydrogens is 411 g/mol. The maximum absolute atomic E-state index is 12.5. The molecule has 1 atom stereocenters. The minimum Gasteiger partial charge on any atom is -0.445 e. The molecule has 3 rings (SSSR count). The van der Waals surface area contributed by atoms with Gasteiger partial charge in [-0.15, -0.1) is 0 Å². The summed E-state index contributed by atoms with van der Waals surface area (Å²) in [6.07, 6.45) is 0.910. The number of rotatable bonds is 5. The van der Waals surface area contributed by atoms with Crippen LogP contribution in [0.4, 0.5) is 18.0 Å². The average molecular weight is 429 g/mol. The van der Waals surface area contributed by atoms with Crippen molar-refractivity contribution in [2.75, 3.05) is 0 Å². The van der Waals surface area contributed by atoms with Gasteiger partial charge in [-0.3, -0.25) is 0 Å². The molecule has 10 heteroatoms. The minimum absolute atomic E-state index is 0.114. The molecule has 1 N–H and O–H groups in total. The van der Waals surface area contributed by atoms with Gasteiger partial charge in [0.2, 0.25) is 0 Å². The Morgan fingerprint density at radius 2 is 1.83 bits per heavy atom. The third-order valence-corrected chi connectivity index (χ3v) is 5.41. The van der Waals surface area contributed by atoms with E-state index in [1.807, 2.05) is 30.3 Å². The lowest BCUT2D eigenvalue weighted by atomic mass is 9.88. The molecule has 1 aliphatic rings. The number of fused-ring (bicyclic) bond motifs is 1. The molecule has 0 fully saturated rings. The van der Waals surface area contributed by atoms with Crippen LogP contribution in [-0.4, -0.2) is 26.1 Å². The highest BCUT2D eigenvalue weighted by molar-refractivity contribution is 7.88. The number of hydrogen-bond acceptors (Lipinski definition) is 5. The largest absolute Gasteiger partial charge is 0.534 e. The maximum Gasteiger partial charge on any atom is 0.534 e. The van der Waals surface area contributed by atoms with E-state index in [2.05, 4.69) is 9.50 Å². The van der Waals surface area contributed by atoms with Crippen LogP contribution in [0.25, 0.3) is 0 Å². The minimum atomic E-state index is -5.73. The standard InChI is InChI=1S/C19H18F3NO5S/c20-19(21,22)29(25,26)28-17-9-7-14-6-8-16(10-15(14)11-17)23-18(24)27-12-13-4-2-1-3-5-13/h1-5,7,9,11,16H,6,8,10,12H2,(H,23,24)/t16-/m0/s1. The Morgan fingerprint density at radius 1 is 1.10 bits per heavy atom. The third-order valence-electron chi connectivity index (χ3n) is 4.43. The van der Waals surface area contributed by atoms with Gasteiger partial charge in [0, 0.05) is 6.04 Å². The van der Waals surface area contributed by atoms with E-state index in [0.29, 0.717) is 24.8 Å². The number of nitrogens with one attached hydrogen (secondary N) is 1. The van der Waals surface area contributed by atoms with Gasteiger partial charge in [-0.1, -0.05) is 36.4 Å². The molecular formula is C19H18F3NO5S. The summed E-state index contributed by atoms with van der Waals surface area (Å²) in [6.45, 7) is 0.114. The van der Waals surface area contributed by atoms with E-state index in [-0.39, 0.29) is 12.6 Å². The topological polar surface area (TPSA) is 81.7 Å². The van der Waals surface area contributed by atoms with Gasteiger partial charge in [0.15, 0.2) is 0 Å². The fourth-order valence-electron chi connectivity index (χ4n) is 3.01. The van der Waals surface area contributed by atoms with Crippen LogP contribution in [-0.2, 0) is 34.3 Å². The first-order valence-electron chi connectivity index (χ1n) is 8.74. The summed E-state index contributed by atoms with van der Waals surface area (Å²) >= 11 is 0. The Kier molecular flexibility index (Phi) is 6.02. The number of amides is 1. The van der Waals surface area contributed by atoms with Crippen LogP contribution >= 0.6 is 0 Å². The van der Waals surface area contributed by atoms with Gasteiger partial charge in [0.25, 0.3) is 0 Å². The molecule has 0 spiro atoms. The maximum atomic E-state index is 12.5. The summed E-state index contributed by atoms with van der Waals surface area (Å²) in [6, 6.07) is 12.8. The van der Waals surface area contributed by atoms with E-state index in [9.17, 15) is 26.4 Å². The van der Waals surface area contributed by atoms with Crippen molar-refractivity contribution >= 4 is 16.2 Å². The number of carbonyl (C=O) groups is 1. The van der Waals surface area contributed by atoms with Crippen molar-refractivity contribution in [3.05, 3.63) is 65.2 Å². The lowest BCUT2D eigenvalue weighted by Crippen LogP contribution is -2.39. The van der Waals surface area contributed by atoms with Crippen LogP contribution in [0.15, 0.2) is 48.5 Å². The van der Waals surface area contributed by atoms with Gasteiger partial charge in [-0.05, 0) is 48.1 Å². The zero-order valence-corrected chi connectivity index (χ0v) is 15.9. The molecule has 0 saturated heterocycles. The fourth-order valence-corrected chi connectivity index (χ4v) is 3.47. The molecule has 2 aromatic rings. The zero-order valence-electron chi connectivity index (χ0n) is 15.1. The Morgan fingerprint density at radius 3 is 2.52 bits per heavy atom. The lowest BCUT2D eigenvalue weighted by Gasteiger charge is -2.25. The number of ether oxygens (including phenoxy) is 1. The van der Waals surface area contributed by atoms with E-state index in [0.717, 1.165) is 11.1 Å². The molecule has 0 aromatic heterocycles. The van der Waals surface area contributed by atoms with Crippen molar-refractivity contribution in [2.24, 2.45) is 0 Å². The molecule has 0 aliphatic heterocycles. The zero-order chi connectivity index (χ0) is 21.1. The Hall–Kier alpha value is -2.75. The van der Waals surface area contributed by atoms with Gasteiger partial charge in [-0.25, -0.2) is 4.79 Å². The SMILES string of the molecule is O=C(N[C@H]1CCc2ccc(OS(=O)(=O)C(F)(F)F)cc2C1)OCc1ccccc1. The van der Waals surface area contributed by atoms with E-state index in [1.165, 1.54) is 18.2 Å². The molecule has 0 heterocycles. The van der Waals surface area contributed by atoms with E-state index in [4.69, 9.17) is 4.74 Å². The number of hydrogen-bond donors (Lipinski definition) is 1. The highest BCUT2D eigenvalue weighted by Gasteiger charge is 2.48. The quantitative estimate of drug-likeness (QED) is 0.579. The number of alkyl carbamates (subject to hydrolysis) is 1. The predicted octanol–water partition coefficient (Wildman–Crippen LogP) is 3.70. The third kappa shape index (κ3) is 5.41. The summed E-state index contributed by atoms with van der Waals surface area (Å²) in [4.78, 5) is 12.0. The fraction of sp³-hybridized carbons (Fsp3) is 0.316. The molecule has 0 bridgehead atoms. The molecule has 0 saturated carbocycles. The van der Waals surface area contributed by atoms with Gasteiger partial charge in [-0.2, -0.15) is 21.6 Å². The van der Waals surface area contributed by atoms with Crippen LogP contribution in [0.2, 0.25) is 0 Å². The van der Waals surface area contributed by atoms with Crippen LogP contribution in [0.1, 0.15) is 23.1 Å². The van der Waals surface area contributed by atoms with Gasteiger partial charge in [0.05, 0.1) is 0 Å². The smallest absolute Gasteiger partial charge is 0.445 e. The Balaban J connectivity index is 1.60. The molecule has 1 aliphatic carbocycles. The highest BCUT2D eigenvalue weighted by Crippen LogP contribution is 2.30. The van der Waals surface area contributed by atoms with E-state index >= 15 is 0 Å². The summed E-state index contributed by atoms with van der Waals surface area (Å²) in [5, 5.41) is 2.72. The molecule has 29 heavy (non-hydrogen) atoms. The number of halogens is 3. The van der Waals surface area contributed by atoms with Crippen molar-refractivity contribution in [1.82, 2.24) is 5.32 Å². The summed E-state index contributed by atoms with van der Waals surface area (Å²) in [7, 11) is -5.73. The summed E-state index contributed by atoms with van der Waals surface area (Å²) < 4.78 is 69.1. The number of alkyl halides is 3. The second-order valence-electron chi connectivity index (χ2n) is 6.56. The number of benzene rings is 2. The Labute approximate surface area is 165 Å². The van der Waals surface area contributed by atoms with Gasteiger partial charge >= 0.3 is 21.7 Å². The highest BCUT2D eigenvalue weighted by atomic mass is 32.2. The molecule has 0 unspecified atom stereocenters. The van der Waals surface area contributed by atoms with Gasteiger partial charge in [0.1, 0.15) is 12.4 Å². The first kappa shape index (κ1) is 21.0. The van der Waals surface area contributed by atoms with Crippen LogP contribution < -0.4 is 9.50 Å². The second kappa shape index (κ2) is 8.32. The van der Waals surface area contributed by atoms with Crippen molar-refractivity contribution in [1.29, 1.82) is 0 Å². The van der Waals surface area contributed by atoms with Crippen molar-refractivity contribution < 1.29 is 35.3 Å². The van der Waals surface area contributed by atoms with Crippen LogP contribution in [0.5, 0.6) is 5.75 Å². The summed E-state index contributed by atoms with van der Waals surface area (Å²) in [5.74, 6) is -0.423. The molecule has 0 radical (unpaired) electrons. The van der Waals surface area contributed by atoms with E-state index in [1.54, 1.807) is 0 Å². The van der Waals surface area contributed by atoms with Gasteiger partial charge < -0.3 is 14.2 Å². The normalized spacial score (nSPS) is 16.6. The number of carbonyl (C=O) groups excluding carboxylic acids is 1.